The molecule has 0 spiro atoms. The minimum atomic E-state index is 0.193. The van der Waals surface area contributed by atoms with Gasteiger partial charge in [-0.05, 0) is 37.8 Å². The molecule has 1 aliphatic carbocycles. The molecule has 5 heteroatoms. The standard InChI is InChI=1S/C18H25N3O2/c1-3-17-20-21-18(23-17)12-19-14-9-5-7-11-16(14)22-15-10-6-4-8-13(15)2/h4,6,8,10,14,16,19H,3,5,7,9,11-12H2,1-2H3/t14-,16-/m1/s1. The molecule has 0 bridgehead atoms. The molecule has 0 amide bonds. The van der Waals surface area contributed by atoms with Gasteiger partial charge < -0.3 is 14.5 Å². The zero-order valence-corrected chi connectivity index (χ0v) is 13.9. The first-order valence-corrected chi connectivity index (χ1v) is 8.53. The second kappa shape index (κ2) is 7.59. The van der Waals surface area contributed by atoms with Crippen molar-refractivity contribution in [3.8, 4) is 5.75 Å². The number of benzene rings is 1. The molecule has 0 unspecified atom stereocenters. The molecule has 1 aromatic heterocycles. The van der Waals surface area contributed by atoms with E-state index >= 15 is 0 Å². The maximum Gasteiger partial charge on any atom is 0.230 e. The summed E-state index contributed by atoms with van der Waals surface area (Å²) in [5.74, 6) is 2.33. The zero-order valence-electron chi connectivity index (χ0n) is 13.9. The molecule has 5 nitrogen and oxygen atoms in total. The van der Waals surface area contributed by atoms with Crippen LogP contribution in [0.2, 0.25) is 0 Å². The highest BCUT2D eigenvalue weighted by atomic mass is 16.5. The summed E-state index contributed by atoms with van der Waals surface area (Å²) in [6.07, 6.45) is 5.61. The number of nitrogens with one attached hydrogen (secondary N) is 1. The van der Waals surface area contributed by atoms with Crippen LogP contribution in [0.4, 0.5) is 0 Å². The summed E-state index contributed by atoms with van der Waals surface area (Å²) in [7, 11) is 0. The Hall–Kier alpha value is -1.88. The van der Waals surface area contributed by atoms with Gasteiger partial charge in [0.15, 0.2) is 0 Å². The van der Waals surface area contributed by atoms with Crippen molar-refractivity contribution in [1.29, 1.82) is 0 Å². The van der Waals surface area contributed by atoms with Gasteiger partial charge in [-0.2, -0.15) is 0 Å². The lowest BCUT2D eigenvalue weighted by Crippen LogP contribution is -2.45. The fourth-order valence-electron chi connectivity index (χ4n) is 3.04. The molecule has 1 aliphatic rings. The lowest BCUT2D eigenvalue weighted by Gasteiger charge is -2.32. The molecule has 23 heavy (non-hydrogen) atoms. The Morgan fingerprint density at radius 3 is 2.74 bits per heavy atom. The topological polar surface area (TPSA) is 60.2 Å². The highest BCUT2D eigenvalue weighted by Crippen LogP contribution is 2.26. The zero-order chi connectivity index (χ0) is 16.1. The van der Waals surface area contributed by atoms with Crippen LogP contribution in [0.1, 0.15) is 50.0 Å². The quantitative estimate of drug-likeness (QED) is 0.885. The van der Waals surface area contributed by atoms with Crippen LogP contribution in [0.5, 0.6) is 5.75 Å². The molecule has 1 heterocycles. The van der Waals surface area contributed by atoms with Gasteiger partial charge >= 0.3 is 0 Å². The Labute approximate surface area is 137 Å². The Morgan fingerprint density at radius 2 is 1.96 bits per heavy atom. The molecule has 1 saturated carbocycles. The summed E-state index contributed by atoms with van der Waals surface area (Å²) >= 11 is 0. The third kappa shape index (κ3) is 4.10. The highest BCUT2D eigenvalue weighted by molar-refractivity contribution is 5.32. The van der Waals surface area contributed by atoms with E-state index in [1.54, 1.807) is 0 Å². The van der Waals surface area contributed by atoms with E-state index in [9.17, 15) is 0 Å². The van der Waals surface area contributed by atoms with E-state index in [0.717, 1.165) is 25.0 Å². The lowest BCUT2D eigenvalue weighted by atomic mass is 9.92. The van der Waals surface area contributed by atoms with Crippen LogP contribution in [0.3, 0.4) is 0 Å². The van der Waals surface area contributed by atoms with Gasteiger partial charge in [0.1, 0.15) is 11.9 Å². The smallest absolute Gasteiger partial charge is 0.230 e. The Kier molecular flexibility index (Phi) is 5.28. The first-order valence-electron chi connectivity index (χ1n) is 8.53. The molecule has 124 valence electrons. The van der Waals surface area contributed by atoms with Gasteiger partial charge in [-0.3, -0.25) is 0 Å². The SMILES string of the molecule is CCc1nnc(CN[C@@H]2CCCC[C@H]2Oc2ccccc2C)o1. The van der Waals surface area contributed by atoms with Gasteiger partial charge in [-0.1, -0.05) is 31.5 Å². The predicted octanol–water partition coefficient (Wildman–Crippen LogP) is 3.42. The summed E-state index contributed by atoms with van der Waals surface area (Å²) < 4.78 is 11.9. The molecule has 0 aliphatic heterocycles. The van der Waals surface area contributed by atoms with Crippen molar-refractivity contribution in [3.63, 3.8) is 0 Å². The second-order valence-electron chi connectivity index (χ2n) is 6.14. The van der Waals surface area contributed by atoms with Crippen LogP contribution in [-0.2, 0) is 13.0 Å². The van der Waals surface area contributed by atoms with Gasteiger partial charge in [-0.25, -0.2) is 0 Å². The minimum absolute atomic E-state index is 0.193. The molecule has 0 radical (unpaired) electrons. The fourth-order valence-corrected chi connectivity index (χ4v) is 3.04. The molecule has 3 rings (SSSR count). The normalized spacial score (nSPS) is 21.3. The van der Waals surface area contributed by atoms with Crippen molar-refractivity contribution in [1.82, 2.24) is 15.5 Å². The van der Waals surface area contributed by atoms with Crippen LogP contribution in [0, 0.1) is 6.92 Å². The van der Waals surface area contributed by atoms with Gasteiger partial charge in [0.05, 0.1) is 6.54 Å². The lowest BCUT2D eigenvalue weighted by molar-refractivity contribution is 0.111. The molecule has 1 N–H and O–H groups in total. The Morgan fingerprint density at radius 1 is 1.17 bits per heavy atom. The van der Waals surface area contributed by atoms with Crippen molar-refractivity contribution in [2.24, 2.45) is 0 Å². The number of hydrogen-bond acceptors (Lipinski definition) is 5. The van der Waals surface area contributed by atoms with Crippen molar-refractivity contribution in [2.45, 2.75) is 64.6 Å². The van der Waals surface area contributed by atoms with Gasteiger partial charge in [0.2, 0.25) is 11.8 Å². The van der Waals surface area contributed by atoms with Gasteiger partial charge in [0, 0.05) is 12.5 Å². The summed E-state index contributed by atoms with van der Waals surface area (Å²) in [5, 5.41) is 11.6. The number of hydrogen-bond donors (Lipinski definition) is 1. The van der Waals surface area contributed by atoms with E-state index in [1.165, 1.54) is 18.4 Å². The summed E-state index contributed by atoms with van der Waals surface area (Å²) in [6.45, 7) is 4.70. The first-order chi connectivity index (χ1) is 11.3. The summed E-state index contributed by atoms with van der Waals surface area (Å²) in [5.41, 5.74) is 1.18. The molecular weight excluding hydrogens is 290 g/mol. The number of ether oxygens (including phenoxy) is 1. The third-order valence-electron chi connectivity index (χ3n) is 4.40. The van der Waals surface area contributed by atoms with Crippen LogP contribution in [0.25, 0.3) is 0 Å². The molecular formula is C18H25N3O2. The van der Waals surface area contributed by atoms with E-state index in [2.05, 4.69) is 28.5 Å². The average Bonchev–Trinajstić information content (AvgIpc) is 3.04. The predicted molar refractivity (Wildman–Crippen MR) is 88.4 cm³/mol. The van der Waals surface area contributed by atoms with E-state index in [-0.39, 0.29) is 6.10 Å². The van der Waals surface area contributed by atoms with Crippen molar-refractivity contribution in [3.05, 3.63) is 41.6 Å². The molecule has 0 saturated heterocycles. The van der Waals surface area contributed by atoms with Gasteiger partial charge in [-0.15, -0.1) is 10.2 Å². The van der Waals surface area contributed by atoms with Crippen molar-refractivity contribution >= 4 is 0 Å². The monoisotopic (exact) mass is 315 g/mol. The second-order valence-corrected chi connectivity index (χ2v) is 6.14. The first kappa shape index (κ1) is 16.0. The van der Waals surface area contributed by atoms with Crippen molar-refractivity contribution < 1.29 is 9.15 Å². The fraction of sp³-hybridized carbons (Fsp3) is 0.556. The minimum Gasteiger partial charge on any atom is -0.489 e. The molecule has 1 aromatic carbocycles. The van der Waals surface area contributed by atoms with E-state index in [4.69, 9.17) is 9.15 Å². The third-order valence-corrected chi connectivity index (χ3v) is 4.40. The maximum absolute atomic E-state index is 6.28. The number of para-hydroxylation sites is 1. The van der Waals surface area contributed by atoms with Crippen LogP contribution < -0.4 is 10.1 Å². The van der Waals surface area contributed by atoms with Crippen molar-refractivity contribution in [2.75, 3.05) is 0 Å². The summed E-state index contributed by atoms with van der Waals surface area (Å²) in [6, 6.07) is 8.52. The van der Waals surface area contributed by atoms with E-state index in [0.29, 0.717) is 24.4 Å². The number of rotatable bonds is 6. The molecule has 2 atom stereocenters. The van der Waals surface area contributed by atoms with Crippen LogP contribution in [0.15, 0.2) is 28.7 Å². The van der Waals surface area contributed by atoms with Crippen LogP contribution in [-0.4, -0.2) is 22.3 Å². The van der Waals surface area contributed by atoms with E-state index < -0.39 is 0 Å². The molecule has 2 aromatic rings. The maximum atomic E-state index is 6.28. The number of nitrogens with zero attached hydrogens (tertiary/aromatic N) is 2. The average molecular weight is 315 g/mol. The number of aromatic nitrogens is 2. The van der Waals surface area contributed by atoms with Crippen LogP contribution >= 0.6 is 0 Å². The largest absolute Gasteiger partial charge is 0.489 e. The molecule has 1 fully saturated rings. The highest BCUT2D eigenvalue weighted by Gasteiger charge is 2.27. The Balaban J connectivity index is 1.61. The number of aryl methyl sites for hydroxylation is 2. The van der Waals surface area contributed by atoms with E-state index in [1.807, 2.05) is 25.1 Å². The Bertz CT molecular complexity index is 626. The van der Waals surface area contributed by atoms with Gasteiger partial charge in [0.25, 0.3) is 0 Å². The summed E-state index contributed by atoms with van der Waals surface area (Å²) in [4.78, 5) is 0.